The third-order valence-electron chi connectivity index (χ3n) is 4.13. The lowest BCUT2D eigenvalue weighted by Crippen LogP contribution is -2.44. The Kier molecular flexibility index (Phi) is 3.07. The summed E-state index contributed by atoms with van der Waals surface area (Å²) in [5.74, 6) is -0.684. The van der Waals surface area contributed by atoms with Crippen LogP contribution in [0.15, 0.2) is 6.33 Å². The molecule has 0 spiro atoms. The molecule has 108 valence electrons. The van der Waals surface area contributed by atoms with E-state index in [0.29, 0.717) is 12.2 Å². The number of amides is 2. The molecule has 2 saturated heterocycles. The second-order valence-corrected chi connectivity index (χ2v) is 5.38. The molecule has 2 aliphatic heterocycles. The third kappa shape index (κ3) is 2.10. The molecule has 2 amide bonds. The van der Waals surface area contributed by atoms with Crippen LogP contribution >= 0.6 is 0 Å². The van der Waals surface area contributed by atoms with Gasteiger partial charge in [-0.05, 0) is 19.3 Å². The molecular formula is C12H17N5O3. The number of nitrogens with zero attached hydrogens (tertiary/aromatic N) is 4. The molecule has 2 aliphatic rings. The number of rotatable bonds is 3. The molecule has 2 bridgehead atoms. The molecule has 0 aromatic carbocycles. The minimum absolute atomic E-state index is 0.0535. The molecule has 8 nitrogen and oxygen atoms in total. The van der Waals surface area contributed by atoms with Crippen molar-refractivity contribution in [3.63, 3.8) is 0 Å². The summed E-state index contributed by atoms with van der Waals surface area (Å²) in [4.78, 5) is 29.1. The average molecular weight is 279 g/mol. The smallest absolute Gasteiger partial charge is 0.318 e. The molecule has 3 unspecified atom stereocenters. The predicted octanol–water partition coefficient (Wildman–Crippen LogP) is -0.0378. The fraction of sp³-hybridized carbons (Fsp3) is 0.667. The Balaban J connectivity index is 1.62. The van der Waals surface area contributed by atoms with Gasteiger partial charge in [-0.2, -0.15) is 5.10 Å². The molecule has 3 atom stereocenters. The van der Waals surface area contributed by atoms with Gasteiger partial charge >= 0.3 is 12.0 Å². The van der Waals surface area contributed by atoms with Crippen molar-refractivity contribution in [3.05, 3.63) is 12.2 Å². The van der Waals surface area contributed by atoms with Gasteiger partial charge in [0.1, 0.15) is 6.33 Å². The molecule has 0 radical (unpaired) electrons. The average Bonchev–Trinajstić information content (AvgIpc) is 3.09. The van der Waals surface area contributed by atoms with Crippen molar-refractivity contribution in [2.24, 2.45) is 13.0 Å². The fourth-order valence-electron chi connectivity index (χ4n) is 3.28. The van der Waals surface area contributed by atoms with Crippen LogP contribution in [0.4, 0.5) is 4.79 Å². The van der Waals surface area contributed by atoms with Crippen LogP contribution in [-0.2, 0) is 18.4 Å². The maximum atomic E-state index is 12.2. The van der Waals surface area contributed by atoms with E-state index in [1.807, 2.05) is 0 Å². The first-order chi connectivity index (χ1) is 9.56. The van der Waals surface area contributed by atoms with Gasteiger partial charge in [0.25, 0.3) is 0 Å². The summed E-state index contributed by atoms with van der Waals surface area (Å²) in [7, 11) is 1.76. The van der Waals surface area contributed by atoms with E-state index in [0.717, 1.165) is 12.8 Å². The standard InChI is InChI=1S/C12H17N5O3/c1-16-6-14-10(15-16)5-13-12(20)17-7-2-3-9(17)8(4-7)11(18)19/h6-9H,2-5H2,1H3,(H,13,20)(H,18,19). The van der Waals surface area contributed by atoms with Gasteiger partial charge in [-0.1, -0.05) is 0 Å². The molecule has 20 heavy (non-hydrogen) atoms. The highest BCUT2D eigenvalue weighted by Crippen LogP contribution is 2.41. The number of fused-ring (bicyclic) bond motifs is 2. The van der Waals surface area contributed by atoms with E-state index in [4.69, 9.17) is 5.11 Å². The number of aliphatic carboxylic acids is 1. The van der Waals surface area contributed by atoms with E-state index in [9.17, 15) is 9.59 Å². The summed E-state index contributed by atoms with van der Waals surface area (Å²) in [6, 6.07) is -0.333. The predicted molar refractivity (Wildman–Crippen MR) is 67.6 cm³/mol. The number of carboxylic acids is 1. The maximum absolute atomic E-state index is 12.2. The van der Waals surface area contributed by atoms with Crippen molar-refractivity contribution in [2.45, 2.75) is 37.9 Å². The maximum Gasteiger partial charge on any atom is 0.318 e. The molecular weight excluding hydrogens is 262 g/mol. The summed E-state index contributed by atoms with van der Waals surface area (Å²) >= 11 is 0. The van der Waals surface area contributed by atoms with Crippen LogP contribution in [0.1, 0.15) is 25.1 Å². The number of urea groups is 1. The lowest BCUT2D eigenvalue weighted by atomic mass is 9.89. The van der Waals surface area contributed by atoms with Crippen molar-refractivity contribution < 1.29 is 14.7 Å². The summed E-state index contributed by atoms with van der Waals surface area (Å²) in [6.45, 7) is 0.257. The number of hydrogen-bond donors (Lipinski definition) is 2. The number of aromatic nitrogens is 3. The van der Waals surface area contributed by atoms with E-state index in [2.05, 4.69) is 15.4 Å². The van der Waals surface area contributed by atoms with Crippen LogP contribution in [-0.4, -0.2) is 48.9 Å². The Hall–Kier alpha value is -2.12. The fourth-order valence-corrected chi connectivity index (χ4v) is 3.28. The van der Waals surface area contributed by atoms with Gasteiger partial charge in [0.05, 0.1) is 12.5 Å². The zero-order chi connectivity index (χ0) is 14.3. The number of carbonyl (C=O) groups excluding carboxylic acids is 1. The molecule has 1 aromatic rings. The highest BCUT2D eigenvalue weighted by atomic mass is 16.4. The quantitative estimate of drug-likeness (QED) is 0.808. The Morgan fingerprint density at radius 2 is 2.30 bits per heavy atom. The molecule has 0 saturated carbocycles. The van der Waals surface area contributed by atoms with Crippen molar-refractivity contribution in [1.29, 1.82) is 0 Å². The molecule has 3 rings (SSSR count). The number of nitrogens with one attached hydrogen (secondary N) is 1. The Morgan fingerprint density at radius 3 is 2.90 bits per heavy atom. The first-order valence-corrected chi connectivity index (χ1v) is 6.69. The Labute approximate surface area is 115 Å². The Bertz CT molecular complexity index is 543. The van der Waals surface area contributed by atoms with Crippen LogP contribution in [0.3, 0.4) is 0 Å². The first-order valence-electron chi connectivity index (χ1n) is 6.69. The van der Waals surface area contributed by atoms with Gasteiger partial charge in [0, 0.05) is 19.1 Å². The topological polar surface area (TPSA) is 100 Å². The lowest BCUT2D eigenvalue weighted by molar-refractivity contribution is -0.142. The largest absolute Gasteiger partial charge is 0.481 e. The van der Waals surface area contributed by atoms with Gasteiger partial charge in [-0.25, -0.2) is 9.78 Å². The third-order valence-corrected chi connectivity index (χ3v) is 4.13. The van der Waals surface area contributed by atoms with E-state index in [-0.39, 0.29) is 24.7 Å². The van der Waals surface area contributed by atoms with Gasteiger partial charge in [-0.3, -0.25) is 9.48 Å². The molecule has 3 heterocycles. The number of aryl methyl sites for hydroxylation is 1. The van der Waals surface area contributed by atoms with Crippen molar-refractivity contribution in [1.82, 2.24) is 25.0 Å². The van der Waals surface area contributed by atoms with Crippen molar-refractivity contribution in [2.75, 3.05) is 0 Å². The normalized spacial score (nSPS) is 27.9. The highest BCUT2D eigenvalue weighted by molar-refractivity contribution is 5.79. The van der Waals surface area contributed by atoms with Gasteiger partial charge < -0.3 is 15.3 Å². The van der Waals surface area contributed by atoms with E-state index in [1.54, 1.807) is 23.0 Å². The second-order valence-electron chi connectivity index (χ2n) is 5.38. The lowest BCUT2D eigenvalue weighted by Gasteiger charge is -2.23. The van der Waals surface area contributed by atoms with Crippen LogP contribution in [0.25, 0.3) is 0 Å². The van der Waals surface area contributed by atoms with Gasteiger partial charge in [-0.15, -0.1) is 0 Å². The number of carboxylic acid groups (broad SMARTS) is 1. The number of carbonyl (C=O) groups is 2. The first kappa shape index (κ1) is 12.9. The zero-order valence-electron chi connectivity index (χ0n) is 11.2. The summed E-state index contributed by atoms with van der Waals surface area (Å²) in [5, 5.41) is 16.0. The minimum atomic E-state index is -0.804. The van der Waals surface area contributed by atoms with E-state index in [1.165, 1.54) is 0 Å². The highest BCUT2D eigenvalue weighted by Gasteiger charge is 2.51. The summed E-state index contributed by atoms with van der Waals surface area (Å²) in [5.41, 5.74) is 0. The van der Waals surface area contributed by atoms with Gasteiger partial charge in [0.2, 0.25) is 0 Å². The Morgan fingerprint density at radius 1 is 1.50 bits per heavy atom. The summed E-state index contributed by atoms with van der Waals surface area (Å²) in [6.07, 6.45) is 3.80. The van der Waals surface area contributed by atoms with Crippen LogP contribution in [0, 0.1) is 5.92 Å². The summed E-state index contributed by atoms with van der Waals surface area (Å²) < 4.78 is 1.57. The van der Waals surface area contributed by atoms with E-state index >= 15 is 0 Å². The zero-order valence-corrected chi connectivity index (χ0v) is 11.2. The molecule has 8 heteroatoms. The molecule has 0 aliphatic carbocycles. The molecule has 2 fully saturated rings. The minimum Gasteiger partial charge on any atom is -0.481 e. The van der Waals surface area contributed by atoms with Gasteiger partial charge in [0.15, 0.2) is 5.82 Å². The molecule has 1 aromatic heterocycles. The van der Waals surface area contributed by atoms with Crippen molar-refractivity contribution >= 4 is 12.0 Å². The van der Waals surface area contributed by atoms with E-state index < -0.39 is 11.9 Å². The SMILES string of the molecule is Cn1cnc(CNC(=O)N2C3CCC2C(C(=O)O)C3)n1. The molecule has 2 N–H and O–H groups in total. The van der Waals surface area contributed by atoms with Crippen LogP contribution in [0.5, 0.6) is 0 Å². The van der Waals surface area contributed by atoms with Crippen molar-refractivity contribution in [3.8, 4) is 0 Å². The van der Waals surface area contributed by atoms with Crippen LogP contribution in [0.2, 0.25) is 0 Å². The monoisotopic (exact) mass is 279 g/mol. The second kappa shape index (κ2) is 4.77. The number of hydrogen-bond acceptors (Lipinski definition) is 4. The van der Waals surface area contributed by atoms with Crippen LogP contribution < -0.4 is 5.32 Å².